The molecule has 5 heteroatoms. The average Bonchev–Trinajstić information content (AvgIpc) is 2.14. The molecule has 2 nitrogen and oxygen atoms in total. The fourth-order valence-electron chi connectivity index (χ4n) is 0.321. The zero-order valence-electron chi connectivity index (χ0n) is 4.20. The second-order valence-electron chi connectivity index (χ2n) is 1.28. The molecule has 1 saturated heterocycles. The molecule has 49 valence electrons. The predicted octanol–water partition coefficient (Wildman–Crippen LogP) is -0.463. The third-order valence-corrected chi connectivity index (χ3v) is 11.6. The van der Waals surface area contributed by atoms with Gasteiger partial charge in [-0.3, -0.25) is 0 Å². The van der Waals surface area contributed by atoms with E-state index in [9.17, 15) is 0 Å². The van der Waals surface area contributed by atoms with Gasteiger partial charge < -0.3 is 5.48 Å². The monoisotopic (exact) mass is 261 g/mol. The van der Waals surface area contributed by atoms with Gasteiger partial charge in [-0.1, -0.05) is 0 Å². The van der Waals surface area contributed by atoms with E-state index in [-0.39, 0.29) is 24.3 Å². The third kappa shape index (κ3) is 2.83. The van der Waals surface area contributed by atoms with Gasteiger partial charge in [0.1, 0.15) is 0 Å². The van der Waals surface area contributed by atoms with Crippen molar-refractivity contribution in [2.24, 2.45) is 0 Å². The Bertz CT molecular complexity index is 57.2. The van der Waals surface area contributed by atoms with Gasteiger partial charge in [0.2, 0.25) is 0 Å². The molecule has 0 amide bonds. The Morgan fingerprint density at radius 1 is 1.75 bits per heavy atom. The molecular weight excluding hydrogens is 254 g/mol. The van der Waals surface area contributed by atoms with Crippen molar-refractivity contribution in [3.05, 3.63) is 0 Å². The maximum absolute atomic E-state index is 8.56. The molecule has 1 atom stereocenters. The zero-order valence-corrected chi connectivity index (χ0v) is 8.39. The van der Waals surface area contributed by atoms with Gasteiger partial charge in [0, 0.05) is 0 Å². The van der Waals surface area contributed by atoms with Crippen molar-refractivity contribution in [3.63, 3.8) is 0 Å². The molecule has 1 radical (unpaired) electrons. The van der Waals surface area contributed by atoms with Crippen molar-refractivity contribution >= 4 is 36.5 Å². The molecule has 1 rings (SSSR count). The number of aliphatic hydroxyl groups excluding tert-OH is 1. The molecule has 0 aromatic carbocycles. The Morgan fingerprint density at radius 3 is 2.75 bits per heavy atom. The Kier molecular flexibility index (Phi) is 6.18. The van der Waals surface area contributed by atoms with Crippen LogP contribution in [0.3, 0.4) is 0 Å². The summed E-state index contributed by atoms with van der Waals surface area (Å²) in [5.41, 5.74) is 0. The van der Waals surface area contributed by atoms with Gasteiger partial charge in [-0.25, -0.2) is 0 Å². The summed E-state index contributed by atoms with van der Waals surface area (Å²) in [5.74, 6) is 1.21. The summed E-state index contributed by atoms with van der Waals surface area (Å²) in [7, 11) is 4.07. The van der Waals surface area contributed by atoms with Crippen molar-refractivity contribution in [2.45, 2.75) is 5.25 Å². The van der Waals surface area contributed by atoms with Gasteiger partial charge >= 0.3 is 59.2 Å². The van der Waals surface area contributed by atoms with Crippen LogP contribution >= 0.6 is 17.7 Å². The normalized spacial score (nSPS) is 27.4. The summed E-state index contributed by atoms with van der Waals surface area (Å²) in [6, 6.07) is 0. The van der Waals surface area contributed by atoms with Crippen LogP contribution < -0.4 is 0 Å². The van der Waals surface area contributed by atoms with E-state index in [1.807, 2.05) is 8.85 Å². The van der Waals surface area contributed by atoms with Crippen LogP contribution in [0.1, 0.15) is 0 Å². The molecule has 0 aliphatic carbocycles. The van der Waals surface area contributed by atoms with Crippen LogP contribution in [0.4, 0.5) is 0 Å². The third-order valence-electron chi connectivity index (χ3n) is 0.709. The summed E-state index contributed by atoms with van der Waals surface area (Å²) < 4.78 is 0. The van der Waals surface area contributed by atoms with E-state index in [2.05, 4.69) is 8.85 Å². The summed E-state index contributed by atoms with van der Waals surface area (Å²) in [6.07, 6.45) is 0. The topological polar surface area (TPSA) is 51.7 Å². The van der Waals surface area contributed by atoms with E-state index in [1.165, 1.54) is 5.75 Å². The van der Waals surface area contributed by atoms with Gasteiger partial charge in [-0.15, -0.1) is 0 Å². The van der Waals surface area contributed by atoms with E-state index in [0.29, 0.717) is 11.9 Å². The van der Waals surface area contributed by atoms with Crippen LogP contribution in [0.25, 0.3) is 0 Å². The SMILES string of the molecule is O.OCC1C[S][Sb][S]1. The molecule has 1 unspecified atom stereocenters. The molecule has 0 aromatic rings. The van der Waals surface area contributed by atoms with E-state index >= 15 is 0 Å². The molecule has 3 N–H and O–H groups in total. The summed E-state index contributed by atoms with van der Waals surface area (Å²) in [4.78, 5) is 0. The van der Waals surface area contributed by atoms with Crippen LogP contribution in [0.2, 0.25) is 0 Å². The van der Waals surface area contributed by atoms with Gasteiger partial charge in [0.25, 0.3) is 0 Å². The first-order valence-electron chi connectivity index (χ1n) is 2.02. The van der Waals surface area contributed by atoms with E-state index in [4.69, 9.17) is 5.11 Å². The first kappa shape index (κ1) is 9.44. The van der Waals surface area contributed by atoms with Crippen LogP contribution in [-0.2, 0) is 0 Å². The number of rotatable bonds is 1. The predicted molar refractivity (Wildman–Crippen MR) is 40.3 cm³/mol. The molecule has 0 spiro atoms. The van der Waals surface area contributed by atoms with Gasteiger partial charge in [-0.2, -0.15) is 0 Å². The minimum atomic E-state index is 0. The molecule has 1 fully saturated rings. The van der Waals surface area contributed by atoms with E-state index in [1.54, 1.807) is 0 Å². The minimum absolute atomic E-state index is 0. The van der Waals surface area contributed by atoms with E-state index in [0.717, 1.165) is 0 Å². The first-order valence-corrected chi connectivity index (χ1v) is 10.1. The van der Waals surface area contributed by atoms with Gasteiger partial charge in [0.15, 0.2) is 0 Å². The molecule has 1 aliphatic rings. The fourth-order valence-corrected chi connectivity index (χ4v) is 12.9. The van der Waals surface area contributed by atoms with Crippen LogP contribution in [0.15, 0.2) is 0 Å². The first-order chi connectivity index (χ1) is 3.43. The standard InChI is InChI=1S/C3H8OS2.H2O.Sb/c4-1-3(6)2-5;;/h3-6H,1-2H2;1H2;/q;;+2/p-2. The number of hydrogen-bond acceptors (Lipinski definition) is 3. The molecule has 1 aliphatic heterocycles. The maximum atomic E-state index is 8.56. The van der Waals surface area contributed by atoms with Gasteiger partial charge in [-0.05, 0) is 0 Å². The molecule has 0 saturated carbocycles. The van der Waals surface area contributed by atoms with Crippen LogP contribution in [0.5, 0.6) is 0 Å². The Hall–Kier alpha value is 1.44. The van der Waals surface area contributed by atoms with Crippen molar-refractivity contribution in [1.82, 2.24) is 0 Å². The van der Waals surface area contributed by atoms with Crippen molar-refractivity contribution in [1.29, 1.82) is 0 Å². The Labute approximate surface area is 64.5 Å². The molecule has 0 aromatic heterocycles. The fraction of sp³-hybridized carbons (Fsp3) is 1.00. The number of hydrogen-bond donors (Lipinski definition) is 1. The van der Waals surface area contributed by atoms with Crippen LogP contribution in [0, 0.1) is 0 Å². The molecule has 0 bridgehead atoms. The zero-order chi connectivity index (χ0) is 5.11. The van der Waals surface area contributed by atoms with Crippen molar-refractivity contribution in [3.8, 4) is 0 Å². The summed E-state index contributed by atoms with van der Waals surface area (Å²) in [5, 5.41) is 9.15. The molecule has 8 heavy (non-hydrogen) atoms. The number of aliphatic hydroxyl groups is 1. The van der Waals surface area contributed by atoms with Crippen molar-refractivity contribution in [2.75, 3.05) is 12.4 Å². The molecular formula is C3H8O2S2Sb. The summed E-state index contributed by atoms with van der Waals surface area (Å²) in [6.45, 7) is 0.396. The quantitative estimate of drug-likeness (QED) is 0.650. The second-order valence-corrected chi connectivity index (χ2v) is 11.2. The average molecular weight is 262 g/mol. The van der Waals surface area contributed by atoms with Crippen LogP contribution in [-0.4, -0.2) is 47.0 Å². The van der Waals surface area contributed by atoms with Crippen molar-refractivity contribution < 1.29 is 10.6 Å². The second kappa shape index (κ2) is 5.24. The Morgan fingerprint density at radius 2 is 2.50 bits per heavy atom. The Balaban J connectivity index is 0.000000490. The molecule has 1 heterocycles. The van der Waals surface area contributed by atoms with Gasteiger partial charge in [0.05, 0.1) is 0 Å². The summed E-state index contributed by atoms with van der Waals surface area (Å²) >= 11 is 0.0770. The van der Waals surface area contributed by atoms with E-state index < -0.39 is 0 Å².